The molecule has 0 atom stereocenters. The fourth-order valence-corrected chi connectivity index (χ4v) is 2.80. The number of carbonyl (C=O) groups is 1. The summed E-state index contributed by atoms with van der Waals surface area (Å²) in [4.78, 5) is 11.8. The number of benzene rings is 2. The van der Waals surface area contributed by atoms with Crippen molar-refractivity contribution >= 4 is 5.97 Å². The lowest BCUT2D eigenvalue weighted by Crippen LogP contribution is -2.28. The molecule has 2 nitrogen and oxygen atoms in total. The Labute approximate surface area is 118 Å². The second-order valence-electron chi connectivity index (χ2n) is 4.66. The summed E-state index contributed by atoms with van der Waals surface area (Å²) in [5, 5.41) is 0. The van der Waals surface area contributed by atoms with Crippen molar-refractivity contribution in [1.82, 2.24) is 0 Å². The molecule has 20 heavy (non-hydrogen) atoms. The fourth-order valence-electron chi connectivity index (χ4n) is 2.80. The Bertz CT molecular complexity index is 667. The molecule has 1 aliphatic rings. The van der Waals surface area contributed by atoms with Crippen LogP contribution in [0.25, 0.3) is 11.1 Å². The van der Waals surface area contributed by atoms with E-state index in [4.69, 9.17) is 4.74 Å². The van der Waals surface area contributed by atoms with Crippen molar-refractivity contribution in [2.24, 2.45) is 0 Å². The molecule has 0 radical (unpaired) electrons. The Hall–Kier alpha value is -2.61. The molecule has 0 saturated heterocycles. The third-order valence-corrected chi connectivity index (χ3v) is 3.66. The van der Waals surface area contributed by atoms with Crippen LogP contribution >= 0.6 is 0 Å². The van der Waals surface area contributed by atoms with Crippen LogP contribution in [0.1, 0.15) is 11.1 Å². The lowest BCUT2D eigenvalue weighted by atomic mass is 9.91. The molecule has 0 N–H and O–H groups in total. The third-order valence-electron chi connectivity index (χ3n) is 3.66. The zero-order valence-corrected chi connectivity index (χ0v) is 11.0. The maximum absolute atomic E-state index is 11.8. The Morgan fingerprint density at radius 2 is 1.45 bits per heavy atom. The van der Waals surface area contributed by atoms with Gasteiger partial charge in [0.25, 0.3) is 0 Å². The van der Waals surface area contributed by atoms with Gasteiger partial charge in [0.05, 0.1) is 0 Å². The van der Waals surface area contributed by atoms with E-state index in [0.29, 0.717) is 0 Å². The zero-order chi connectivity index (χ0) is 14.2. The van der Waals surface area contributed by atoms with Gasteiger partial charge in [0.15, 0.2) is 5.60 Å². The van der Waals surface area contributed by atoms with Gasteiger partial charge in [0, 0.05) is 17.2 Å². The van der Waals surface area contributed by atoms with Crippen molar-refractivity contribution in [2.75, 3.05) is 0 Å². The van der Waals surface area contributed by atoms with Crippen LogP contribution in [0.5, 0.6) is 0 Å². The molecule has 1 aliphatic carbocycles. The molecule has 2 aromatic carbocycles. The number of carbonyl (C=O) groups excluding carboxylic acids is 1. The number of hydrogen-bond acceptors (Lipinski definition) is 2. The molecule has 0 saturated carbocycles. The molecule has 2 aromatic rings. The van der Waals surface area contributed by atoms with Gasteiger partial charge < -0.3 is 4.74 Å². The van der Waals surface area contributed by atoms with Gasteiger partial charge in [-0.15, -0.1) is 0 Å². The second kappa shape index (κ2) is 4.49. The molecule has 0 fully saturated rings. The summed E-state index contributed by atoms with van der Waals surface area (Å²) in [7, 11) is 0. The van der Waals surface area contributed by atoms with E-state index in [0.717, 1.165) is 22.3 Å². The molecule has 3 rings (SSSR count). The van der Waals surface area contributed by atoms with Crippen molar-refractivity contribution < 1.29 is 9.53 Å². The SMILES string of the molecule is C=CC(=O)OC1(C=C)c2ccccc2-c2ccccc21. The minimum absolute atomic E-state index is 0.462. The fraction of sp³-hybridized carbons (Fsp3) is 0.0556. The van der Waals surface area contributed by atoms with E-state index >= 15 is 0 Å². The highest BCUT2D eigenvalue weighted by Gasteiger charge is 2.43. The highest BCUT2D eigenvalue weighted by Crippen LogP contribution is 2.50. The van der Waals surface area contributed by atoms with Crippen molar-refractivity contribution in [3.63, 3.8) is 0 Å². The first-order valence-electron chi connectivity index (χ1n) is 6.41. The Morgan fingerprint density at radius 3 is 1.90 bits per heavy atom. The molecule has 0 spiro atoms. The summed E-state index contributed by atoms with van der Waals surface area (Å²) >= 11 is 0. The number of ether oxygens (including phenoxy) is 1. The van der Waals surface area contributed by atoms with Crippen LogP contribution in [0.3, 0.4) is 0 Å². The maximum atomic E-state index is 11.8. The highest BCUT2D eigenvalue weighted by atomic mass is 16.6. The predicted molar refractivity (Wildman–Crippen MR) is 79.1 cm³/mol. The van der Waals surface area contributed by atoms with Crippen molar-refractivity contribution in [3.8, 4) is 11.1 Å². The third kappa shape index (κ3) is 1.55. The molecule has 0 aromatic heterocycles. The quantitative estimate of drug-likeness (QED) is 0.477. The number of fused-ring (bicyclic) bond motifs is 3. The highest BCUT2D eigenvalue weighted by molar-refractivity contribution is 5.86. The summed E-state index contributed by atoms with van der Waals surface area (Å²) in [5.74, 6) is -0.462. The van der Waals surface area contributed by atoms with Crippen LogP contribution in [0.4, 0.5) is 0 Å². The van der Waals surface area contributed by atoms with Gasteiger partial charge in [-0.2, -0.15) is 0 Å². The van der Waals surface area contributed by atoms with Crippen LogP contribution < -0.4 is 0 Å². The molecule has 2 heteroatoms. The minimum atomic E-state index is -0.932. The first-order valence-corrected chi connectivity index (χ1v) is 6.41. The summed E-state index contributed by atoms with van der Waals surface area (Å²) < 4.78 is 5.68. The van der Waals surface area contributed by atoms with Gasteiger partial charge in [-0.3, -0.25) is 0 Å². The van der Waals surface area contributed by atoms with Crippen LogP contribution in [0.15, 0.2) is 73.8 Å². The van der Waals surface area contributed by atoms with Gasteiger partial charge in [-0.1, -0.05) is 61.7 Å². The Morgan fingerprint density at radius 1 is 0.950 bits per heavy atom. The van der Waals surface area contributed by atoms with Gasteiger partial charge in [0.1, 0.15) is 0 Å². The van der Waals surface area contributed by atoms with Crippen LogP contribution in [0.2, 0.25) is 0 Å². The molecule has 0 unspecified atom stereocenters. The summed E-state index contributed by atoms with van der Waals surface area (Å²) in [6, 6.07) is 15.8. The van der Waals surface area contributed by atoms with Crippen molar-refractivity contribution in [2.45, 2.75) is 5.60 Å². The Balaban J connectivity index is 2.31. The maximum Gasteiger partial charge on any atom is 0.331 e. The lowest BCUT2D eigenvalue weighted by molar-refractivity contribution is -0.146. The normalized spacial score (nSPS) is 14.0. The Kier molecular flexibility index (Phi) is 2.79. The second-order valence-corrected chi connectivity index (χ2v) is 4.66. The van der Waals surface area contributed by atoms with E-state index < -0.39 is 11.6 Å². The number of hydrogen-bond donors (Lipinski definition) is 0. The zero-order valence-electron chi connectivity index (χ0n) is 11.0. The van der Waals surface area contributed by atoms with E-state index in [1.165, 1.54) is 6.08 Å². The summed E-state index contributed by atoms with van der Waals surface area (Å²) in [6.45, 7) is 7.36. The average Bonchev–Trinajstić information content (AvgIpc) is 2.79. The van der Waals surface area contributed by atoms with E-state index in [2.05, 4.69) is 13.2 Å². The first kappa shape index (κ1) is 12.4. The van der Waals surface area contributed by atoms with Crippen LogP contribution in [-0.4, -0.2) is 5.97 Å². The molecule has 0 heterocycles. The topological polar surface area (TPSA) is 26.3 Å². The van der Waals surface area contributed by atoms with Gasteiger partial charge in [-0.05, 0) is 17.2 Å². The number of esters is 1. The first-order chi connectivity index (χ1) is 9.73. The molecular weight excluding hydrogens is 248 g/mol. The molecule has 0 amide bonds. The smallest absolute Gasteiger partial charge is 0.331 e. The average molecular weight is 262 g/mol. The van der Waals surface area contributed by atoms with Crippen LogP contribution in [0, 0.1) is 0 Å². The summed E-state index contributed by atoms with van der Waals surface area (Å²) in [6.07, 6.45) is 2.86. The van der Waals surface area contributed by atoms with Gasteiger partial charge >= 0.3 is 5.97 Å². The minimum Gasteiger partial charge on any atom is -0.442 e. The summed E-state index contributed by atoms with van der Waals surface area (Å²) in [5.41, 5.74) is 3.08. The largest absolute Gasteiger partial charge is 0.442 e. The van der Waals surface area contributed by atoms with Crippen molar-refractivity contribution in [1.29, 1.82) is 0 Å². The predicted octanol–water partition coefficient (Wildman–Crippen LogP) is 3.83. The number of rotatable bonds is 3. The van der Waals surface area contributed by atoms with Crippen LogP contribution in [-0.2, 0) is 15.1 Å². The monoisotopic (exact) mass is 262 g/mol. The van der Waals surface area contributed by atoms with E-state index in [1.807, 2.05) is 48.5 Å². The standard InChI is InChI=1S/C18H14O2/c1-3-17(19)20-18(4-2)15-11-7-5-9-13(15)14-10-6-8-12-16(14)18/h3-12H,1-2H2. The molecular formula is C18H14O2. The molecule has 0 bridgehead atoms. The van der Waals surface area contributed by atoms with Gasteiger partial charge in [-0.25, -0.2) is 4.79 Å². The van der Waals surface area contributed by atoms with E-state index in [9.17, 15) is 4.79 Å². The van der Waals surface area contributed by atoms with Gasteiger partial charge in [0.2, 0.25) is 0 Å². The van der Waals surface area contributed by atoms with Crippen molar-refractivity contribution in [3.05, 3.63) is 85.0 Å². The van der Waals surface area contributed by atoms with E-state index in [-0.39, 0.29) is 0 Å². The van der Waals surface area contributed by atoms with E-state index in [1.54, 1.807) is 6.08 Å². The lowest BCUT2D eigenvalue weighted by Gasteiger charge is -2.27. The molecule has 0 aliphatic heterocycles. The molecule has 98 valence electrons.